The molecule has 0 aromatic rings. The fourth-order valence-electron chi connectivity index (χ4n) is 2.60. The summed E-state index contributed by atoms with van der Waals surface area (Å²) in [6, 6.07) is 0. The van der Waals surface area contributed by atoms with Crippen molar-refractivity contribution in [1.29, 1.82) is 0 Å². The molecule has 0 aliphatic rings. The fourth-order valence-corrected chi connectivity index (χ4v) is 2.60. The Labute approximate surface area is 149 Å². The van der Waals surface area contributed by atoms with E-state index in [1.165, 1.54) is 31.3 Å². The summed E-state index contributed by atoms with van der Waals surface area (Å²) in [5, 5.41) is 8.58. The van der Waals surface area contributed by atoms with Crippen molar-refractivity contribution >= 4 is 5.97 Å². The molecule has 0 saturated carbocycles. The number of carbonyl (C=O) groups is 1. The number of aliphatic carboxylic acids is 1. The molecule has 0 aliphatic carbocycles. The van der Waals surface area contributed by atoms with Gasteiger partial charge in [0.15, 0.2) is 0 Å². The molecule has 0 spiro atoms. The maximum atomic E-state index is 10.4. The topological polar surface area (TPSA) is 37.3 Å². The minimum absolute atomic E-state index is 0.0503. The predicted molar refractivity (Wildman–Crippen MR) is 104 cm³/mol. The van der Waals surface area contributed by atoms with Crippen molar-refractivity contribution in [3.63, 3.8) is 0 Å². The molecular weight excluding hydrogens is 296 g/mol. The van der Waals surface area contributed by atoms with Crippen LogP contribution in [-0.4, -0.2) is 11.1 Å². The van der Waals surface area contributed by atoms with Crippen LogP contribution in [0.4, 0.5) is 0 Å². The summed E-state index contributed by atoms with van der Waals surface area (Å²) < 4.78 is 0. The van der Waals surface area contributed by atoms with Gasteiger partial charge in [0, 0.05) is 11.8 Å². The molecule has 0 saturated heterocycles. The van der Waals surface area contributed by atoms with E-state index in [1.807, 2.05) is 0 Å². The minimum Gasteiger partial charge on any atom is -0.481 e. The van der Waals surface area contributed by atoms with E-state index < -0.39 is 5.97 Å². The summed E-state index contributed by atoms with van der Waals surface area (Å²) in [6.45, 7) is 11.1. The van der Waals surface area contributed by atoms with E-state index in [-0.39, 0.29) is 5.41 Å². The fraction of sp³-hybridized carbons (Fsp3) is 0.727. The Hall–Kier alpha value is -1.27. The van der Waals surface area contributed by atoms with E-state index in [1.54, 1.807) is 0 Å². The molecule has 1 unspecified atom stereocenters. The molecule has 0 radical (unpaired) electrons. The van der Waals surface area contributed by atoms with Crippen LogP contribution < -0.4 is 0 Å². The molecule has 1 N–H and O–H groups in total. The molecule has 24 heavy (non-hydrogen) atoms. The molecule has 0 aromatic carbocycles. The summed E-state index contributed by atoms with van der Waals surface area (Å²) in [5.41, 5.74) is 4.88. The van der Waals surface area contributed by atoms with Crippen molar-refractivity contribution < 1.29 is 9.90 Å². The lowest BCUT2D eigenvalue weighted by Gasteiger charge is -2.14. The van der Waals surface area contributed by atoms with Crippen LogP contribution in [-0.2, 0) is 4.79 Å². The minimum atomic E-state index is -0.679. The normalized spacial score (nSPS) is 12.9. The summed E-state index contributed by atoms with van der Waals surface area (Å²) in [4.78, 5) is 10.4. The highest BCUT2D eigenvalue weighted by molar-refractivity contribution is 5.66. The van der Waals surface area contributed by atoms with Crippen LogP contribution in [0.5, 0.6) is 0 Å². The first kappa shape index (κ1) is 22.7. The van der Waals surface area contributed by atoms with Gasteiger partial charge in [-0.25, -0.2) is 0 Å². The van der Waals surface area contributed by atoms with Crippen LogP contribution in [0.2, 0.25) is 0 Å². The number of hydrogen-bond acceptors (Lipinski definition) is 1. The van der Waals surface area contributed by atoms with Gasteiger partial charge in [-0.2, -0.15) is 0 Å². The Balaban J connectivity index is 4.06. The molecule has 0 rings (SSSR count). The molecule has 0 amide bonds. The van der Waals surface area contributed by atoms with Gasteiger partial charge in [0.2, 0.25) is 0 Å². The quantitative estimate of drug-likeness (QED) is 0.225. The second kappa shape index (κ2) is 13.1. The Morgan fingerprint density at radius 3 is 2.42 bits per heavy atom. The first-order valence-corrected chi connectivity index (χ1v) is 9.62. The lowest BCUT2D eigenvalue weighted by Crippen LogP contribution is -2.02. The molecular formula is C22H38O2. The smallest absolute Gasteiger partial charge is 0.303 e. The van der Waals surface area contributed by atoms with Crippen molar-refractivity contribution in [2.75, 3.05) is 0 Å². The van der Waals surface area contributed by atoms with E-state index >= 15 is 0 Å². The second-order valence-corrected chi connectivity index (χ2v) is 7.59. The Bertz CT molecular complexity index is 437. The number of hydrogen-bond donors (Lipinski definition) is 1. The van der Waals surface area contributed by atoms with Gasteiger partial charge in [-0.05, 0) is 50.2 Å². The van der Waals surface area contributed by atoms with Crippen LogP contribution in [0.1, 0.15) is 92.4 Å². The lowest BCUT2D eigenvalue weighted by molar-refractivity contribution is -0.137. The maximum Gasteiger partial charge on any atom is 0.303 e. The standard InChI is InChI=1S/C22H38O2/c1-6-14-19(2)20(3)16-18-22(4,5)17-13-11-9-7-8-10-12-15-21(23)24/h13,17-19H,6-12,14-15H2,1-5H3,(H,23,24)/b17-13-. The lowest BCUT2D eigenvalue weighted by atomic mass is 9.91. The van der Waals surface area contributed by atoms with E-state index in [4.69, 9.17) is 5.11 Å². The Morgan fingerprint density at radius 1 is 1.17 bits per heavy atom. The van der Waals surface area contributed by atoms with Gasteiger partial charge in [0.05, 0.1) is 0 Å². The van der Waals surface area contributed by atoms with Gasteiger partial charge in [-0.1, -0.05) is 65.5 Å². The van der Waals surface area contributed by atoms with E-state index in [0.29, 0.717) is 12.3 Å². The number of carboxylic acid groups (broad SMARTS) is 1. The van der Waals surface area contributed by atoms with Crippen LogP contribution >= 0.6 is 0 Å². The molecule has 2 nitrogen and oxygen atoms in total. The van der Waals surface area contributed by atoms with Crippen molar-refractivity contribution in [2.45, 2.75) is 92.4 Å². The number of rotatable bonds is 13. The SMILES string of the molecule is CCCC(C)C(C)=C=CC(C)(C)/C=C\CCCCCCCC(=O)O. The highest BCUT2D eigenvalue weighted by Crippen LogP contribution is 2.21. The first-order valence-electron chi connectivity index (χ1n) is 9.62. The van der Waals surface area contributed by atoms with Crippen molar-refractivity contribution in [1.82, 2.24) is 0 Å². The summed E-state index contributed by atoms with van der Waals surface area (Å²) in [7, 11) is 0. The second-order valence-electron chi connectivity index (χ2n) is 7.59. The molecule has 0 aromatic heterocycles. The first-order chi connectivity index (χ1) is 11.3. The van der Waals surface area contributed by atoms with Crippen LogP contribution in [0, 0.1) is 11.3 Å². The van der Waals surface area contributed by atoms with Gasteiger partial charge >= 0.3 is 5.97 Å². The third-order valence-electron chi connectivity index (χ3n) is 4.44. The summed E-state index contributed by atoms with van der Waals surface area (Å²) in [5.74, 6) is -0.0613. The Morgan fingerprint density at radius 2 is 1.79 bits per heavy atom. The predicted octanol–water partition coefficient (Wildman–Crippen LogP) is 6.92. The van der Waals surface area contributed by atoms with Gasteiger partial charge < -0.3 is 5.11 Å². The van der Waals surface area contributed by atoms with Crippen molar-refractivity contribution in [2.24, 2.45) is 11.3 Å². The molecule has 0 bridgehead atoms. The van der Waals surface area contributed by atoms with Gasteiger partial charge in [-0.3, -0.25) is 4.79 Å². The van der Waals surface area contributed by atoms with Gasteiger partial charge in [0.25, 0.3) is 0 Å². The molecule has 0 heterocycles. The van der Waals surface area contributed by atoms with E-state index in [0.717, 1.165) is 25.7 Å². The van der Waals surface area contributed by atoms with E-state index in [2.05, 4.69) is 58.6 Å². The third kappa shape index (κ3) is 13.2. The third-order valence-corrected chi connectivity index (χ3v) is 4.44. The zero-order valence-corrected chi connectivity index (χ0v) is 16.5. The van der Waals surface area contributed by atoms with Gasteiger partial charge in [-0.15, -0.1) is 5.73 Å². The number of allylic oxidation sites excluding steroid dienone is 3. The molecule has 0 fully saturated rings. The van der Waals surface area contributed by atoms with Crippen molar-refractivity contribution in [3.8, 4) is 0 Å². The zero-order chi connectivity index (χ0) is 18.4. The average molecular weight is 335 g/mol. The summed E-state index contributed by atoms with van der Waals surface area (Å²) in [6.07, 6.45) is 16.0. The van der Waals surface area contributed by atoms with Gasteiger partial charge in [0.1, 0.15) is 0 Å². The number of carboxylic acids is 1. The largest absolute Gasteiger partial charge is 0.481 e. The monoisotopic (exact) mass is 334 g/mol. The molecule has 1 atom stereocenters. The molecule has 138 valence electrons. The summed E-state index contributed by atoms with van der Waals surface area (Å²) >= 11 is 0. The molecule has 0 aliphatic heterocycles. The maximum absolute atomic E-state index is 10.4. The zero-order valence-electron chi connectivity index (χ0n) is 16.5. The molecule has 2 heteroatoms. The van der Waals surface area contributed by atoms with Crippen LogP contribution in [0.3, 0.4) is 0 Å². The highest BCUT2D eigenvalue weighted by atomic mass is 16.4. The van der Waals surface area contributed by atoms with Crippen molar-refractivity contribution in [3.05, 3.63) is 29.5 Å². The van der Waals surface area contributed by atoms with Crippen LogP contribution in [0.25, 0.3) is 0 Å². The van der Waals surface area contributed by atoms with Crippen LogP contribution in [0.15, 0.2) is 29.5 Å². The van der Waals surface area contributed by atoms with E-state index in [9.17, 15) is 4.79 Å². The Kier molecular flexibility index (Phi) is 12.4. The number of unbranched alkanes of at least 4 members (excludes halogenated alkanes) is 5. The highest BCUT2D eigenvalue weighted by Gasteiger charge is 2.09. The average Bonchev–Trinajstić information content (AvgIpc) is 2.51.